The lowest BCUT2D eigenvalue weighted by Crippen LogP contribution is -2.35. The monoisotopic (exact) mass is 315 g/mol. The van der Waals surface area contributed by atoms with E-state index in [0.717, 1.165) is 47.8 Å². The standard InChI is InChI=1S/C16H21N5O2/c1-9-16(10(2)23-20-9)13-7-12(18-11(3)19-13)14-5-4-6-21(14)15(22)8-17/h7,14H,4-6,8,17H2,1-3H3/t14-/m1/s1. The largest absolute Gasteiger partial charge is 0.361 e. The second-order valence-corrected chi connectivity index (χ2v) is 5.87. The van der Waals surface area contributed by atoms with Gasteiger partial charge in [-0.1, -0.05) is 5.16 Å². The Hall–Kier alpha value is -2.28. The second kappa shape index (κ2) is 6.08. The van der Waals surface area contributed by atoms with E-state index in [0.29, 0.717) is 5.82 Å². The molecule has 0 radical (unpaired) electrons. The molecule has 2 aromatic heterocycles. The van der Waals surface area contributed by atoms with E-state index in [4.69, 9.17) is 10.3 Å². The molecule has 2 aromatic rings. The SMILES string of the molecule is Cc1nc(-c2c(C)noc2C)cc([C@H]2CCCN2C(=O)CN)n1. The quantitative estimate of drug-likeness (QED) is 0.925. The molecule has 3 rings (SSSR count). The molecule has 7 nitrogen and oxygen atoms in total. The Labute approximate surface area is 134 Å². The molecule has 1 fully saturated rings. The summed E-state index contributed by atoms with van der Waals surface area (Å²) in [6.45, 7) is 6.37. The topological polar surface area (TPSA) is 98.1 Å². The van der Waals surface area contributed by atoms with Gasteiger partial charge in [0.2, 0.25) is 5.91 Å². The molecular weight excluding hydrogens is 294 g/mol. The van der Waals surface area contributed by atoms with Crippen molar-refractivity contribution in [2.24, 2.45) is 5.73 Å². The van der Waals surface area contributed by atoms with Crippen LogP contribution in [0, 0.1) is 20.8 Å². The van der Waals surface area contributed by atoms with E-state index in [1.165, 1.54) is 0 Å². The molecule has 122 valence electrons. The van der Waals surface area contributed by atoms with Gasteiger partial charge in [0.1, 0.15) is 11.6 Å². The number of hydrogen-bond donors (Lipinski definition) is 1. The minimum absolute atomic E-state index is 0.0251. The molecule has 7 heteroatoms. The highest BCUT2D eigenvalue weighted by Gasteiger charge is 2.31. The zero-order chi connectivity index (χ0) is 16.6. The van der Waals surface area contributed by atoms with Gasteiger partial charge in [-0.15, -0.1) is 0 Å². The summed E-state index contributed by atoms with van der Waals surface area (Å²) < 4.78 is 5.24. The van der Waals surface area contributed by atoms with E-state index in [1.807, 2.05) is 31.7 Å². The van der Waals surface area contributed by atoms with Crippen LogP contribution in [0.1, 0.15) is 41.9 Å². The van der Waals surface area contributed by atoms with Gasteiger partial charge in [0, 0.05) is 6.54 Å². The fourth-order valence-electron chi connectivity index (χ4n) is 3.23. The van der Waals surface area contributed by atoms with E-state index in [-0.39, 0.29) is 18.5 Å². The van der Waals surface area contributed by atoms with Gasteiger partial charge in [-0.05, 0) is 39.7 Å². The van der Waals surface area contributed by atoms with E-state index in [9.17, 15) is 4.79 Å². The van der Waals surface area contributed by atoms with Crippen LogP contribution < -0.4 is 5.73 Å². The van der Waals surface area contributed by atoms with E-state index >= 15 is 0 Å². The number of carbonyl (C=O) groups is 1. The van der Waals surface area contributed by atoms with Crippen molar-refractivity contribution in [1.82, 2.24) is 20.0 Å². The van der Waals surface area contributed by atoms with Crippen LogP contribution in [0.4, 0.5) is 0 Å². The molecule has 1 aliphatic heterocycles. The number of rotatable bonds is 3. The highest BCUT2D eigenvalue weighted by Crippen LogP contribution is 2.33. The molecule has 2 N–H and O–H groups in total. The summed E-state index contributed by atoms with van der Waals surface area (Å²) in [5.74, 6) is 1.36. The molecule has 23 heavy (non-hydrogen) atoms. The number of carbonyl (C=O) groups excluding carboxylic acids is 1. The van der Waals surface area contributed by atoms with Crippen molar-refractivity contribution in [3.63, 3.8) is 0 Å². The number of aryl methyl sites for hydroxylation is 3. The Balaban J connectivity index is 2.03. The number of aromatic nitrogens is 3. The molecule has 0 aromatic carbocycles. The first-order valence-corrected chi connectivity index (χ1v) is 7.79. The third kappa shape index (κ3) is 2.84. The van der Waals surface area contributed by atoms with Crippen LogP contribution in [0.5, 0.6) is 0 Å². The van der Waals surface area contributed by atoms with Crippen LogP contribution in [-0.4, -0.2) is 39.0 Å². The van der Waals surface area contributed by atoms with Gasteiger partial charge in [-0.3, -0.25) is 4.79 Å². The summed E-state index contributed by atoms with van der Waals surface area (Å²) in [5.41, 5.74) is 8.86. The normalized spacial score (nSPS) is 17.7. The summed E-state index contributed by atoms with van der Waals surface area (Å²) in [6, 6.07) is 1.90. The van der Waals surface area contributed by atoms with Crippen molar-refractivity contribution in [2.45, 2.75) is 39.7 Å². The van der Waals surface area contributed by atoms with Gasteiger partial charge in [-0.2, -0.15) is 0 Å². The lowest BCUT2D eigenvalue weighted by Gasteiger charge is -2.24. The van der Waals surface area contributed by atoms with Gasteiger partial charge < -0.3 is 15.2 Å². The fourth-order valence-corrected chi connectivity index (χ4v) is 3.23. The van der Waals surface area contributed by atoms with Crippen LogP contribution in [0.25, 0.3) is 11.3 Å². The molecule has 0 unspecified atom stereocenters. The maximum Gasteiger partial charge on any atom is 0.236 e. The van der Waals surface area contributed by atoms with Crippen molar-refractivity contribution >= 4 is 5.91 Å². The fraction of sp³-hybridized carbons (Fsp3) is 0.500. The molecule has 1 aliphatic rings. The summed E-state index contributed by atoms with van der Waals surface area (Å²) in [5, 5.41) is 3.99. The second-order valence-electron chi connectivity index (χ2n) is 5.87. The van der Waals surface area contributed by atoms with Crippen LogP contribution in [0.2, 0.25) is 0 Å². The molecule has 0 bridgehead atoms. The third-order valence-electron chi connectivity index (χ3n) is 4.24. The first-order chi connectivity index (χ1) is 11.0. The van der Waals surface area contributed by atoms with Crippen molar-refractivity contribution in [3.05, 3.63) is 29.0 Å². The smallest absolute Gasteiger partial charge is 0.236 e. The van der Waals surface area contributed by atoms with Crippen LogP contribution >= 0.6 is 0 Å². The van der Waals surface area contributed by atoms with Crippen LogP contribution in [0.3, 0.4) is 0 Å². The van der Waals surface area contributed by atoms with E-state index in [1.54, 1.807) is 0 Å². The Kier molecular flexibility index (Phi) is 4.12. The number of hydrogen-bond acceptors (Lipinski definition) is 6. The molecule has 0 spiro atoms. The Morgan fingerprint density at radius 3 is 2.83 bits per heavy atom. The number of nitrogens with zero attached hydrogens (tertiary/aromatic N) is 4. The minimum Gasteiger partial charge on any atom is -0.361 e. The van der Waals surface area contributed by atoms with Gasteiger partial charge in [0.05, 0.1) is 35.2 Å². The highest BCUT2D eigenvalue weighted by atomic mass is 16.5. The first kappa shape index (κ1) is 15.6. The Morgan fingerprint density at radius 2 is 2.17 bits per heavy atom. The molecule has 1 amide bonds. The highest BCUT2D eigenvalue weighted by molar-refractivity contribution is 5.78. The average Bonchev–Trinajstić information content (AvgIpc) is 3.13. The third-order valence-corrected chi connectivity index (χ3v) is 4.24. The number of likely N-dealkylation sites (tertiary alicyclic amines) is 1. The lowest BCUT2D eigenvalue weighted by atomic mass is 10.1. The molecule has 0 saturated carbocycles. The summed E-state index contributed by atoms with van der Waals surface area (Å²) >= 11 is 0. The van der Waals surface area contributed by atoms with Crippen molar-refractivity contribution < 1.29 is 9.32 Å². The van der Waals surface area contributed by atoms with Crippen molar-refractivity contribution in [2.75, 3.05) is 13.1 Å². The number of amides is 1. The molecule has 1 atom stereocenters. The predicted octanol–water partition coefficient (Wildman–Crippen LogP) is 1.68. The molecule has 1 saturated heterocycles. The number of nitrogens with two attached hydrogens (primary N) is 1. The van der Waals surface area contributed by atoms with Crippen molar-refractivity contribution in [1.29, 1.82) is 0 Å². The van der Waals surface area contributed by atoms with E-state index in [2.05, 4.69) is 15.1 Å². The zero-order valence-corrected chi connectivity index (χ0v) is 13.7. The first-order valence-electron chi connectivity index (χ1n) is 7.79. The van der Waals surface area contributed by atoms with Gasteiger partial charge >= 0.3 is 0 Å². The Morgan fingerprint density at radius 1 is 1.39 bits per heavy atom. The maximum atomic E-state index is 12.0. The minimum atomic E-state index is -0.0392. The average molecular weight is 315 g/mol. The van der Waals surface area contributed by atoms with Crippen LogP contribution in [-0.2, 0) is 4.79 Å². The van der Waals surface area contributed by atoms with E-state index < -0.39 is 0 Å². The maximum absolute atomic E-state index is 12.0. The zero-order valence-electron chi connectivity index (χ0n) is 13.7. The molecule has 3 heterocycles. The Bertz CT molecular complexity index is 721. The van der Waals surface area contributed by atoms with Gasteiger partial charge in [-0.25, -0.2) is 9.97 Å². The van der Waals surface area contributed by atoms with Crippen molar-refractivity contribution in [3.8, 4) is 11.3 Å². The summed E-state index contributed by atoms with van der Waals surface area (Å²) in [4.78, 5) is 22.9. The lowest BCUT2D eigenvalue weighted by molar-refractivity contribution is -0.130. The van der Waals surface area contributed by atoms with Gasteiger partial charge in [0.15, 0.2) is 0 Å². The molecular formula is C16H21N5O2. The summed E-state index contributed by atoms with van der Waals surface area (Å²) in [6.07, 6.45) is 1.85. The van der Waals surface area contributed by atoms with Gasteiger partial charge in [0.25, 0.3) is 0 Å². The van der Waals surface area contributed by atoms with Crippen LogP contribution in [0.15, 0.2) is 10.6 Å². The molecule has 0 aliphatic carbocycles. The predicted molar refractivity (Wildman–Crippen MR) is 84.5 cm³/mol. The summed E-state index contributed by atoms with van der Waals surface area (Å²) in [7, 11) is 0.